The Kier molecular flexibility index (Phi) is 5.39. The minimum absolute atomic E-state index is 0.00992. The van der Waals surface area contributed by atoms with E-state index in [0.717, 1.165) is 6.07 Å². The quantitative estimate of drug-likeness (QED) is 0.607. The summed E-state index contributed by atoms with van der Waals surface area (Å²) >= 11 is 3.02. The van der Waals surface area contributed by atoms with Crippen molar-refractivity contribution in [3.05, 3.63) is 51.0 Å². The molecule has 0 aliphatic heterocycles. The van der Waals surface area contributed by atoms with Crippen LogP contribution in [0.25, 0.3) is 0 Å². The average molecular weight is 343 g/mol. The van der Waals surface area contributed by atoms with E-state index in [-0.39, 0.29) is 17.7 Å². The lowest BCUT2D eigenvalue weighted by atomic mass is 10.1. The molecule has 7 nitrogen and oxygen atoms in total. The Bertz CT molecular complexity index is 573. The third kappa shape index (κ3) is 4.47. The first-order valence-electron chi connectivity index (χ1n) is 5.42. The third-order valence-electron chi connectivity index (χ3n) is 2.35. The van der Waals surface area contributed by atoms with Gasteiger partial charge in [0, 0.05) is 24.1 Å². The fraction of sp³-hybridized carbons (Fsp3) is 0.167. The van der Waals surface area contributed by atoms with Crippen molar-refractivity contribution >= 4 is 33.5 Å². The number of hydrogen-bond acceptors (Lipinski definition) is 4. The Morgan fingerprint density at radius 1 is 1.50 bits per heavy atom. The van der Waals surface area contributed by atoms with Crippen LogP contribution in [0.5, 0.6) is 0 Å². The fourth-order valence-electron chi connectivity index (χ4n) is 1.42. The summed E-state index contributed by atoms with van der Waals surface area (Å²) in [6.45, 7) is 3.51. The Morgan fingerprint density at radius 2 is 2.15 bits per heavy atom. The highest BCUT2D eigenvalue weighted by Gasteiger charge is 2.21. The van der Waals surface area contributed by atoms with Crippen LogP contribution in [0.15, 0.2) is 35.3 Å². The van der Waals surface area contributed by atoms with Gasteiger partial charge < -0.3 is 10.4 Å². The number of benzene rings is 1. The monoisotopic (exact) mass is 342 g/mol. The number of nitro benzene ring substituents is 1. The predicted molar refractivity (Wildman–Crippen MR) is 74.7 cm³/mol. The maximum absolute atomic E-state index is 11.9. The number of amides is 1. The Hall–Kier alpha value is -2.22. The summed E-state index contributed by atoms with van der Waals surface area (Å²) in [5, 5.41) is 21.9. The van der Waals surface area contributed by atoms with E-state index in [9.17, 15) is 19.7 Å². The molecule has 0 aliphatic carbocycles. The molecule has 1 atom stereocenters. The number of aliphatic carboxylic acids is 1. The molecule has 0 spiro atoms. The van der Waals surface area contributed by atoms with E-state index in [1.165, 1.54) is 18.2 Å². The number of nitrogens with zero attached hydrogens (tertiary/aromatic N) is 1. The molecule has 1 aromatic rings. The topological polar surface area (TPSA) is 110 Å². The number of nitrogens with one attached hydrogen (secondary N) is 1. The molecule has 0 aliphatic rings. The molecule has 0 aromatic heterocycles. The van der Waals surface area contributed by atoms with Crippen LogP contribution in [-0.2, 0) is 4.79 Å². The molecular formula is C12H11BrN2O5. The molecule has 0 radical (unpaired) electrons. The second-order valence-corrected chi connectivity index (χ2v) is 5.01. The van der Waals surface area contributed by atoms with E-state index in [0.29, 0.717) is 4.48 Å². The van der Waals surface area contributed by atoms with Crippen LogP contribution in [0.2, 0.25) is 0 Å². The summed E-state index contributed by atoms with van der Waals surface area (Å²) in [5.74, 6) is -1.92. The molecule has 20 heavy (non-hydrogen) atoms. The van der Waals surface area contributed by atoms with Gasteiger partial charge in [0.25, 0.3) is 11.6 Å². The summed E-state index contributed by atoms with van der Waals surface area (Å²) in [4.78, 5) is 32.8. The smallest absolute Gasteiger partial charge is 0.326 e. The lowest BCUT2D eigenvalue weighted by molar-refractivity contribution is -0.384. The van der Waals surface area contributed by atoms with Crippen molar-refractivity contribution in [3.63, 3.8) is 0 Å². The molecule has 0 unspecified atom stereocenters. The van der Waals surface area contributed by atoms with Gasteiger partial charge in [-0.2, -0.15) is 0 Å². The van der Waals surface area contributed by atoms with Gasteiger partial charge in [0.15, 0.2) is 0 Å². The summed E-state index contributed by atoms with van der Waals surface area (Å²) in [7, 11) is 0. The van der Waals surface area contributed by atoms with Crippen molar-refractivity contribution in [1.29, 1.82) is 0 Å². The number of rotatable bonds is 6. The predicted octanol–water partition coefficient (Wildman–Crippen LogP) is 2.08. The van der Waals surface area contributed by atoms with Crippen molar-refractivity contribution in [1.82, 2.24) is 5.32 Å². The number of hydrogen-bond donors (Lipinski definition) is 2. The van der Waals surface area contributed by atoms with E-state index in [1.54, 1.807) is 0 Å². The van der Waals surface area contributed by atoms with Crippen LogP contribution in [0.3, 0.4) is 0 Å². The summed E-state index contributed by atoms with van der Waals surface area (Å²) < 4.78 is 0.421. The third-order valence-corrected chi connectivity index (χ3v) is 2.67. The van der Waals surface area contributed by atoms with Gasteiger partial charge in [0.2, 0.25) is 0 Å². The van der Waals surface area contributed by atoms with Crippen LogP contribution in [0, 0.1) is 10.1 Å². The molecular weight excluding hydrogens is 332 g/mol. The lowest BCUT2D eigenvalue weighted by Crippen LogP contribution is -2.40. The summed E-state index contributed by atoms with van der Waals surface area (Å²) in [6.07, 6.45) is 0.00992. The zero-order valence-electron chi connectivity index (χ0n) is 10.2. The van der Waals surface area contributed by atoms with Crippen LogP contribution < -0.4 is 5.32 Å². The van der Waals surface area contributed by atoms with Gasteiger partial charge in [0.1, 0.15) is 6.04 Å². The van der Waals surface area contributed by atoms with E-state index in [4.69, 9.17) is 5.11 Å². The number of carboxylic acids is 1. The summed E-state index contributed by atoms with van der Waals surface area (Å²) in [6, 6.07) is 3.88. The van der Waals surface area contributed by atoms with Crippen LogP contribution in [0.1, 0.15) is 16.8 Å². The first-order valence-corrected chi connectivity index (χ1v) is 6.22. The SMILES string of the molecule is C=C(Br)C[C@H](NC(=O)c1cccc([N+](=O)[O-])c1)C(=O)O. The number of non-ortho nitro benzene ring substituents is 1. The van der Waals surface area contributed by atoms with Crippen molar-refractivity contribution in [2.75, 3.05) is 0 Å². The maximum Gasteiger partial charge on any atom is 0.326 e. The molecule has 1 amide bonds. The zero-order chi connectivity index (χ0) is 15.3. The van der Waals surface area contributed by atoms with E-state index >= 15 is 0 Å². The average Bonchev–Trinajstić information content (AvgIpc) is 2.37. The highest BCUT2D eigenvalue weighted by molar-refractivity contribution is 9.11. The second kappa shape index (κ2) is 6.80. The fourth-order valence-corrected chi connectivity index (χ4v) is 1.75. The largest absolute Gasteiger partial charge is 0.480 e. The molecule has 1 aromatic carbocycles. The number of halogens is 1. The molecule has 106 valence electrons. The van der Waals surface area contributed by atoms with E-state index in [1.807, 2.05) is 0 Å². The highest BCUT2D eigenvalue weighted by atomic mass is 79.9. The summed E-state index contributed by atoms with van der Waals surface area (Å²) in [5.41, 5.74) is -0.222. The molecule has 0 saturated heterocycles. The lowest BCUT2D eigenvalue weighted by Gasteiger charge is -2.13. The highest BCUT2D eigenvalue weighted by Crippen LogP contribution is 2.14. The zero-order valence-corrected chi connectivity index (χ0v) is 11.8. The second-order valence-electron chi connectivity index (χ2n) is 3.89. The van der Waals surface area contributed by atoms with Gasteiger partial charge in [-0.15, -0.1) is 0 Å². The molecule has 0 fully saturated rings. The first-order chi connectivity index (χ1) is 9.31. The van der Waals surface area contributed by atoms with Gasteiger partial charge in [0.05, 0.1) is 4.92 Å². The van der Waals surface area contributed by atoms with Gasteiger partial charge in [-0.3, -0.25) is 14.9 Å². The van der Waals surface area contributed by atoms with E-state index < -0.39 is 22.8 Å². The van der Waals surface area contributed by atoms with Crippen molar-refractivity contribution in [2.45, 2.75) is 12.5 Å². The number of carbonyl (C=O) groups is 2. The molecule has 0 saturated carbocycles. The molecule has 0 heterocycles. The van der Waals surface area contributed by atoms with Crippen LogP contribution >= 0.6 is 15.9 Å². The molecule has 0 bridgehead atoms. The normalized spacial score (nSPS) is 11.4. The molecule has 8 heteroatoms. The molecule has 2 N–H and O–H groups in total. The Morgan fingerprint density at radius 3 is 2.65 bits per heavy atom. The van der Waals surface area contributed by atoms with E-state index in [2.05, 4.69) is 27.8 Å². The molecule has 1 rings (SSSR count). The van der Waals surface area contributed by atoms with Crippen molar-refractivity contribution < 1.29 is 19.6 Å². The standard InChI is InChI=1S/C12H11BrN2O5/c1-7(13)5-10(12(17)18)14-11(16)8-3-2-4-9(6-8)15(19)20/h2-4,6,10H,1,5H2,(H,14,16)(H,17,18)/t10-/m0/s1. The van der Waals surface area contributed by atoms with Gasteiger partial charge in [-0.05, 0) is 10.5 Å². The van der Waals surface area contributed by atoms with Gasteiger partial charge >= 0.3 is 5.97 Å². The first kappa shape index (κ1) is 15.8. The minimum atomic E-state index is -1.22. The van der Waals surface area contributed by atoms with Crippen LogP contribution in [0.4, 0.5) is 5.69 Å². The maximum atomic E-state index is 11.9. The van der Waals surface area contributed by atoms with Gasteiger partial charge in [-0.25, -0.2) is 4.79 Å². The van der Waals surface area contributed by atoms with Gasteiger partial charge in [-0.1, -0.05) is 28.6 Å². The van der Waals surface area contributed by atoms with Crippen molar-refractivity contribution in [2.24, 2.45) is 0 Å². The number of carbonyl (C=O) groups excluding carboxylic acids is 1. The Balaban J connectivity index is 2.88. The Labute approximate surface area is 122 Å². The van der Waals surface area contributed by atoms with Crippen molar-refractivity contribution in [3.8, 4) is 0 Å². The minimum Gasteiger partial charge on any atom is -0.480 e. The number of nitro groups is 1. The number of carboxylic acid groups (broad SMARTS) is 1. The van der Waals surface area contributed by atoms with Crippen LogP contribution in [-0.4, -0.2) is 27.9 Å².